The largest absolute Gasteiger partial charge is 0.326 e. The molecule has 0 aromatic heterocycles. The van der Waals surface area contributed by atoms with Crippen molar-refractivity contribution in [2.75, 3.05) is 31.5 Å². The molecule has 2 aliphatic rings. The van der Waals surface area contributed by atoms with E-state index >= 15 is 0 Å². The van der Waals surface area contributed by atoms with E-state index in [1.807, 2.05) is 36.4 Å². The number of nitrogens with zero attached hydrogens (tertiary/aromatic N) is 2. The Morgan fingerprint density at radius 1 is 0.750 bits per heavy atom. The van der Waals surface area contributed by atoms with Gasteiger partial charge in [0.2, 0.25) is 15.9 Å². The van der Waals surface area contributed by atoms with Crippen LogP contribution in [0.2, 0.25) is 0 Å². The Kier molecular flexibility index (Phi) is 7.51. The van der Waals surface area contributed by atoms with Crippen molar-refractivity contribution in [3.05, 3.63) is 96.1 Å². The minimum atomic E-state index is -3.61. The average Bonchev–Trinajstić information content (AvgIpc) is 3.46. The molecule has 7 heteroatoms. The first-order chi connectivity index (χ1) is 17.5. The molecule has 188 valence electrons. The molecule has 3 aromatic carbocycles. The monoisotopic (exact) mass is 503 g/mol. The summed E-state index contributed by atoms with van der Waals surface area (Å²) in [5.74, 6) is 0.103. The number of rotatable bonds is 7. The van der Waals surface area contributed by atoms with E-state index in [9.17, 15) is 13.2 Å². The number of anilines is 1. The number of amides is 1. The summed E-state index contributed by atoms with van der Waals surface area (Å²) in [6.45, 7) is 2.14. The SMILES string of the molecule is O=C(Nc1ccc(S(=O)(=O)N2CCN(C(c3ccccc3)c3ccccc3)CC2)cc1)C1CCCC1. The Morgan fingerprint density at radius 3 is 1.81 bits per heavy atom. The van der Waals surface area contributed by atoms with E-state index < -0.39 is 10.0 Å². The Labute approximate surface area is 214 Å². The molecule has 1 saturated heterocycles. The molecule has 5 rings (SSSR count). The summed E-state index contributed by atoms with van der Waals surface area (Å²) < 4.78 is 28.3. The van der Waals surface area contributed by atoms with Crippen LogP contribution in [0, 0.1) is 5.92 Å². The van der Waals surface area contributed by atoms with Crippen molar-refractivity contribution in [3.63, 3.8) is 0 Å². The van der Waals surface area contributed by atoms with Gasteiger partial charge in [0.05, 0.1) is 10.9 Å². The summed E-state index contributed by atoms with van der Waals surface area (Å²) in [7, 11) is -3.61. The molecule has 0 bridgehead atoms. The van der Waals surface area contributed by atoms with Crippen molar-refractivity contribution in [3.8, 4) is 0 Å². The Morgan fingerprint density at radius 2 is 1.28 bits per heavy atom. The quantitative estimate of drug-likeness (QED) is 0.497. The lowest BCUT2D eigenvalue weighted by Crippen LogP contribution is -2.49. The fourth-order valence-corrected chi connectivity index (χ4v) is 6.80. The summed E-state index contributed by atoms with van der Waals surface area (Å²) in [5, 5.41) is 2.94. The minimum absolute atomic E-state index is 0.0330. The zero-order valence-corrected chi connectivity index (χ0v) is 21.2. The van der Waals surface area contributed by atoms with Crippen LogP contribution >= 0.6 is 0 Å². The molecule has 6 nitrogen and oxygen atoms in total. The topological polar surface area (TPSA) is 69.7 Å². The highest BCUT2D eigenvalue weighted by atomic mass is 32.2. The van der Waals surface area contributed by atoms with Crippen molar-refractivity contribution in [2.24, 2.45) is 5.92 Å². The molecule has 36 heavy (non-hydrogen) atoms. The van der Waals surface area contributed by atoms with Crippen molar-refractivity contribution in [1.29, 1.82) is 0 Å². The van der Waals surface area contributed by atoms with Crippen LogP contribution < -0.4 is 5.32 Å². The molecule has 0 radical (unpaired) electrons. The molecule has 0 atom stereocenters. The number of carbonyl (C=O) groups excluding carboxylic acids is 1. The molecule has 1 N–H and O–H groups in total. The van der Waals surface area contributed by atoms with Crippen LogP contribution in [0.4, 0.5) is 5.69 Å². The third kappa shape index (κ3) is 5.38. The van der Waals surface area contributed by atoms with E-state index in [-0.39, 0.29) is 22.8 Å². The number of carbonyl (C=O) groups is 1. The fourth-order valence-electron chi connectivity index (χ4n) is 5.38. The molecule has 1 heterocycles. The normalized spacial score (nSPS) is 17.9. The Hall–Kier alpha value is -3.00. The number of benzene rings is 3. The number of sulfonamides is 1. The highest BCUT2D eigenvalue weighted by Crippen LogP contribution is 2.31. The molecule has 1 aliphatic heterocycles. The van der Waals surface area contributed by atoms with Gasteiger partial charge in [-0.25, -0.2) is 8.42 Å². The van der Waals surface area contributed by atoms with E-state index in [1.54, 1.807) is 28.6 Å². The van der Waals surface area contributed by atoms with E-state index in [0.717, 1.165) is 25.7 Å². The number of piperazine rings is 1. The third-order valence-corrected chi connectivity index (χ3v) is 9.27. The van der Waals surface area contributed by atoms with E-state index in [4.69, 9.17) is 0 Å². The van der Waals surface area contributed by atoms with Gasteiger partial charge in [-0.1, -0.05) is 73.5 Å². The van der Waals surface area contributed by atoms with Gasteiger partial charge in [-0.3, -0.25) is 9.69 Å². The van der Waals surface area contributed by atoms with Gasteiger partial charge < -0.3 is 5.32 Å². The van der Waals surface area contributed by atoms with Crippen LogP contribution in [0.3, 0.4) is 0 Å². The second-order valence-electron chi connectivity index (χ2n) is 9.66. The van der Waals surface area contributed by atoms with Crippen molar-refractivity contribution in [1.82, 2.24) is 9.21 Å². The lowest BCUT2D eigenvalue weighted by Gasteiger charge is -2.39. The molecule has 3 aromatic rings. The number of hydrogen-bond acceptors (Lipinski definition) is 4. The van der Waals surface area contributed by atoms with Gasteiger partial charge in [0.25, 0.3) is 0 Å². The van der Waals surface area contributed by atoms with Gasteiger partial charge in [-0.15, -0.1) is 0 Å². The molecular weight excluding hydrogens is 470 g/mol. The minimum Gasteiger partial charge on any atom is -0.326 e. The second kappa shape index (κ2) is 10.9. The first-order valence-electron chi connectivity index (χ1n) is 12.8. The lowest BCUT2D eigenvalue weighted by molar-refractivity contribution is -0.119. The van der Waals surface area contributed by atoms with Gasteiger partial charge in [-0.2, -0.15) is 4.31 Å². The molecule has 1 saturated carbocycles. The maximum absolute atomic E-state index is 13.4. The highest BCUT2D eigenvalue weighted by molar-refractivity contribution is 7.89. The molecule has 1 aliphatic carbocycles. The molecular formula is C29H33N3O3S. The summed E-state index contributed by atoms with van der Waals surface area (Å²) in [6, 6.07) is 27.4. The molecule has 0 spiro atoms. The van der Waals surface area contributed by atoms with Crippen molar-refractivity contribution in [2.45, 2.75) is 36.6 Å². The van der Waals surface area contributed by atoms with Crippen LogP contribution in [-0.2, 0) is 14.8 Å². The summed E-state index contributed by atoms with van der Waals surface area (Å²) >= 11 is 0. The number of hydrogen-bond donors (Lipinski definition) is 1. The summed E-state index contributed by atoms with van der Waals surface area (Å²) in [5.41, 5.74) is 3.05. The molecule has 2 fully saturated rings. The van der Waals surface area contributed by atoms with E-state index in [1.165, 1.54) is 11.1 Å². The maximum Gasteiger partial charge on any atom is 0.243 e. The van der Waals surface area contributed by atoms with Gasteiger partial charge in [-0.05, 0) is 48.2 Å². The van der Waals surface area contributed by atoms with Crippen LogP contribution in [0.15, 0.2) is 89.8 Å². The zero-order valence-electron chi connectivity index (χ0n) is 20.4. The zero-order chi connectivity index (χ0) is 25.0. The first kappa shape index (κ1) is 24.7. The molecule has 1 amide bonds. The standard InChI is InChI=1S/C29H33N3O3S/c33-29(25-13-7-8-14-25)30-26-15-17-27(18-16-26)36(34,35)32-21-19-31(20-22-32)28(23-9-3-1-4-10-23)24-11-5-2-6-12-24/h1-6,9-12,15-18,25,28H,7-8,13-14,19-22H2,(H,30,33). The Bertz CT molecular complexity index is 1210. The van der Waals surface area contributed by atoms with Crippen LogP contribution in [0.5, 0.6) is 0 Å². The van der Waals surface area contributed by atoms with Gasteiger partial charge in [0.15, 0.2) is 0 Å². The van der Waals surface area contributed by atoms with Gasteiger partial charge in [0.1, 0.15) is 0 Å². The van der Waals surface area contributed by atoms with Crippen LogP contribution in [0.1, 0.15) is 42.9 Å². The Balaban J connectivity index is 1.26. The predicted molar refractivity (Wildman–Crippen MR) is 142 cm³/mol. The summed E-state index contributed by atoms with van der Waals surface area (Å²) in [4.78, 5) is 15.0. The van der Waals surface area contributed by atoms with Crippen molar-refractivity contribution >= 4 is 21.6 Å². The third-order valence-electron chi connectivity index (χ3n) is 7.35. The second-order valence-corrected chi connectivity index (χ2v) is 11.6. The van der Waals surface area contributed by atoms with Crippen LogP contribution in [0.25, 0.3) is 0 Å². The van der Waals surface area contributed by atoms with Gasteiger partial charge in [0, 0.05) is 37.8 Å². The van der Waals surface area contributed by atoms with Gasteiger partial charge >= 0.3 is 0 Å². The maximum atomic E-state index is 13.4. The smallest absolute Gasteiger partial charge is 0.243 e. The van der Waals surface area contributed by atoms with E-state index in [2.05, 4.69) is 34.5 Å². The highest BCUT2D eigenvalue weighted by Gasteiger charge is 2.32. The van der Waals surface area contributed by atoms with Crippen molar-refractivity contribution < 1.29 is 13.2 Å². The predicted octanol–water partition coefficient (Wildman–Crippen LogP) is 4.91. The van der Waals surface area contributed by atoms with Crippen LogP contribution in [-0.4, -0.2) is 49.7 Å². The number of nitrogens with one attached hydrogen (secondary N) is 1. The summed E-state index contributed by atoms with van der Waals surface area (Å²) in [6.07, 6.45) is 4.05. The first-order valence-corrected chi connectivity index (χ1v) is 14.2. The fraction of sp³-hybridized carbons (Fsp3) is 0.345. The lowest BCUT2D eigenvalue weighted by atomic mass is 9.96. The average molecular weight is 504 g/mol. The molecule has 0 unspecified atom stereocenters. The van der Waals surface area contributed by atoms with E-state index in [0.29, 0.717) is 31.9 Å².